The molecule has 3 aromatic carbocycles. The maximum Gasteiger partial charge on any atom is 0.412 e. The van der Waals surface area contributed by atoms with Gasteiger partial charge >= 0.3 is 12.1 Å². The van der Waals surface area contributed by atoms with Crippen molar-refractivity contribution < 1.29 is 24.0 Å². The predicted octanol–water partition coefficient (Wildman–Crippen LogP) is 5.60. The molecule has 1 atom stereocenters. The number of aromatic carboxylic acids is 1. The van der Waals surface area contributed by atoms with Gasteiger partial charge in [-0.3, -0.25) is 10.4 Å². The van der Waals surface area contributed by atoms with Gasteiger partial charge in [-0.05, 0) is 42.3 Å². The van der Waals surface area contributed by atoms with Crippen LogP contribution < -0.4 is 5.32 Å². The van der Waals surface area contributed by atoms with Crippen LogP contribution in [0.3, 0.4) is 0 Å². The summed E-state index contributed by atoms with van der Waals surface area (Å²) in [5.41, 5.74) is 3.22. The minimum absolute atomic E-state index is 0.224. The van der Waals surface area contributed by atoms with E-state index in [0.29, 0.717) is 34.1 Å². The number of ether oxygens (including phenoxy) is 1. The van der Waals surface area contributed by atoms with E-state index in [0.717, 1.165) is 16.3 Å². The molecular formula is C26H21N5O5. The Kier molecular flexibility index (Phi) is 5.91. The zero-order valence-corrected chi connectivity index (χ0v) is 19.4. The summed E-state index contributed by atoms with van der Waals surface area (Å²) in [6.45, 7) is 3.54. The van der Waals surface area contributed by atoms with Crippen molar-refractivity contribution in [1.29, 1.82) is 0 Å². The minimum atomic E-state index is -1.18. The highest BCUT2D eigenvalue weighted by atomic mass is 16.6. The van der Waals surface area contributed by atoms with E-state index in [2.05, 4.69) is 25.7 Å². The summed E-state index contributed by atoms with van der Waals surface area (Å²) in [6, 6.07) is 20.6. The van der Waals surface area contributed by atoms with Gasteiger partial charge < -0.3 is 14.4 Å². The van der Waals surface area contributed by atoms with Gasteiger partial charge in [0.05, 0.1) is 0 Å². The van der Waals surface area contributed by atoms with Crippen molar-refractivity contribution in [2.75, 3.05) is 5.32 Å². The first-order chi connectivity index (χ1) is 17.4. The van der Waals surface area contributed by atoms with Gasteiger partial charge in [-0.2, -0.15) is 5.10 Å². The number of carbonyl (C=O) groups is 2. The van der Waals surface area contributed by atoms with Crippen molar-refractivity contribution in [3.05, 3.63) is 83.8 Å². The second kappa shape index (κ2) is 9.34. The van der Waals surface area contributed by atoms with Crippen LogP contribution in [0, 0.1) is 6.92 Å². The van der Waals surface area contributed by atoms with E-state index in [-0.39, 0.29) is 5.82 Å². The number of anilines is 1. The van der Waals surface area contributed by atoms with Crippen molar-refractivity contribution in [3.63, 3.8) is 0 Å². The van der Waals surface area contributed by atoms with Gasteiger partial charge in [0.15, 0.2) is 11.6 Å². The molecule has 5 aromatic rings. The Morgan fingerprint density at radius 2 is 1.72 bits per heavy atom. The third kappa shape index (κ3) is 4.51. The summed E-state index contributed by atoms with van der Waals surface area (Å²) < 4.78 is 11.1. The maximum absolute atomic E-state index is 12.6. The maximum atomic E-state index is 12.6. The first-order valence-electron chi connectivity index (χ1n) is 11.1. The Balaban J connectivity index is 1.38. The van der Waals surface area contributed by atoms with Crippen LogP contribution in [0.15, 0.2) is 71.3 Å². The number of carboxylic acid groups (broad SMARTS) is 1. The van der Waals surface area contributed by atoms with E-state index in [1.54, 1.807) is 19.9 Å². The van der Waals surface area contributed by atoms with Crippen molar-refractivity contribution in [2.45, 2.75) is 20.0 Å². The van der Waals surface area contributed by atoms with Crippen LogP contribution in [0.25, 0.3) is 33.5 Å². The molecule has 1 amide bonds. The van der Waals surface area contributed by atoms with Crippen LogP contribution in [0.5, 0.6) is 0 Å². The zero-order valence-electron chi connectivity index (χ0n) is 19.4. The van der Waals surface area contributed by atoms with Crippen LogP contribution in [0.4, 0.5) is 10.5 Å². The third-order valence-electron chi connectivity index (χ3n) is 5.69. The second-order valence-electron chi connectivity index (χ2n) is 8.14. The molecule has 1 unspecified atom stereocenters. The molecule has 0 saturated heterocycles. The molecule has 180 valence electrons. The number of nitrogens with one attached hydrogen (secondary N) is 2. The fourth-order valence-electron chi connectivity index (χ4n) is 3.81. The number of hydrogen-bond donors (Lipinski definition) is 3. The number of hydrogen-bond acceptors (Lipinski definition) is 7. The van der Waals surface area contributed by atoms with E-state index in [1.807, 2.05) is 60.7 Å². The first kappa shape index (κ1) is 22.8. The van der Waals surface area contributed by atoms with Gasteiger partial charge in [0.1, 0.15) is 17.5 Å². The van der Waals surface area contributed by atoms with Crippen molar-refractivity contribution in [1.82, 2.24) is 20.3 Å². The predicted molar refractivity (Wildman–Crippen MR) is 131 cm³/mol. The molecule has 0 spiro atoms. The van der Waals surface area contributed by atoms with Crippen LogP contribution in [-0.4, -0.2) is 37.5 Å². The number of fused-ring (bicyclic) bond motifs is 1. The molecule has 0 aliphatic carbocycles. The molecule has 0 aliphatic heterocycles. The van der Waals surface area contributed by atoms with Crippen molar-refractivity contribution in [2.24, 2.45) is 0 Å². The van der Waals surface area contributed by atoms with E-state index < -0.39 is 18.2 Å². The highest BCUT2D eigenvalue weighted by molar-refractivity contribution is 5.94. The molecule has 10 nitrogen and oxygen atoms in total. The van der Waals surface area contributed by atoms with Gasteiger partial charge in [0.2, 0.25) is 5.82 Å². The van der Waals surface area contributed by atoms with Gasteiger partial charge in [-0.1, -0.05) is 59.8 Å². The van der Waals surface area contributed by atoms with Crippen LogP contribution in [0.2, 0.25) is 0 Å². The Hall–Kier alpha value is -4.99. The van der Waals surface area contributed by atoms with Gasteiger partial charge in [-0.15, -0.1) is 0 Å². The smallest absolute Gasteiger partial charge is 0.412 e. The molecule has 0 bridgehead atoms. The number of benzene rings is 3. The quantitative estimate of drug-likeness (QED) is 0.283. The van der Waals surface area contributed by atoms with Gasteiger partial charge in [-0.25, -0.2) is 14.6 Å². The molecule has 2 aromatic heterocycles. The molecule has 2 heterocycles. The van der Waals surface area contributed by atoms with Gasteiger partial charge in [0.25, 0.3) is 0 Å². The second-order valence-corrected chi connectivity index (χ2v) is 8.14. The number of nitrogens with zero attached hydrogens (tertiary/aromatic N) is 3. The summed E-state index contributed by atoms with van der Waals surface area (Å²) in [6.07, 6.45) is -1.04. The Morgan fingerprint density at radius 1 is 1.03 bits per heavy atom. The molecule has 3 N–H and O–H groups in total. The van der Waals surface area contributed by atoms with Crippen molar-refractivity contribution in [3.8, 4) is 22.7 Å². The molecular weight excluding hydrogens is 462 g/mol. The number of carbonyl (C=O) groups excluding carboxylic acids is 1. The molecule has 0 saturated carbocycles. The lowest BCUT2D eigenvalue weighted by Crippen LogP contribution is -2.16. The van der Waals surface area contributed by atoms with Crippen LogP contribution in [0.1, 0.15) is 34.9 Å². The lowest BCUT2D eigenvalue weighted by atomic mass is 10.0. The largest absolute Gasteiger partial charge is 0.475 e. The number of aryl methyl sites for hydroxylation is 1. The lowest BCUT2D eigenvalue weighted by Gasteiger charge is -2.14. The summed E-state index contributed by atoms with van der Waals surface area (Å²) in [5.74, 6) is -0.705. The Morgan fingerprint density at radius 3 is 2.42 bits per heavy atom. The number of amides is 1. The van der Waals surface area contributed by atoms with Crippen LogP contribution in [-0.2, 0) is 4.74 Å². The fraction of sp³-hybridized carbons (Fsp3) is 0.115. The van der Waals surface area contributed by atoms with E-state index >= 15 is 0 Å². The average molecular weight is 483 g/mol. The number of rotatable bonds is 6. The normalized spacial score (nSPS) is 11.8. The minimum Gasteiger partial charge on any atom is -0.475 e. The number of aromatic amines is 1. The molecule has 36 heavy (non-hydrogen) atoms. The first-order valence-corrected chi connectivity index (χ1v) is 11.1. The number of carboxylic acids is 1. The average Bonchev–Trinajstić information content (AvgIpc) is 3.52. The lowest BCUT2D eigenvalue weighted by molar-refractivity contribution is 0.0684. The summed E-state index contributed by atoms with van der Waals surface area (Å²) in [7, 11) is 0. The summed E-state index contributed by atoms with van der Waals surface area (Å²) in [5, 5.41) is 24.0. The molecule has 0 aliphatic rings. The topological polar surface area (TPSA) is 143 Å². The standard InChI is InChI=1S/C26H21N5O5/c1-14-21(27-26(34)35-15(2)16-6-4-3-5-7-16)22(36-31-14)19-10-8-18-13-20(11-9-17(18)12-19)23-28-24(25(32)33)30-29-23/h3-13,15H,1-2H3,(H,27,34)(H,32,33)(H,28,29,30). The highest BCUT2D eigenvalue weighted by Gasteiger charge is 2.20. The zero-order chi connectivity index (χ0) is 25.2. The molecule has 0 fully saturated rings. The monoisotopic (exact) mass is 483 g/mol. The number of aromatic nitrogens is 4. The summed E-state index contributed by atoms with van der Waals surface area (Å²) >= 11 is 0. The van der Waals surface area contributed by atoms with E-state index in [4.69, 9.17) is 14.4 Å². The van der Waals surface area contributed by atoms with E-state index in [1.165, 1.54) is 0 Å². The van der Waals surface area contributed by atoms with Gasteiger partial charge in [0, 0.05) is 11.1 Å². The molecule has 0 radical (unpaired) electrons. The Labute approximate surface area is 204 Å². The van der Waals surface area contributed by atoms with Crippen LogP contribution >= 0.6 is 0 Å². The number of H-pyrrole nitrogens is 1. The summed E-state index contributed by atoms with van der Waals surface area (Å²) in [4.78, 5) is 27.7. The highest BCUT2D eigenvalue weighted by Crippen LogP contribution is 2.34. The Bertz CT molecular complexity index is 1570. The molecule has 5 rings (SSSR count). The molecule has 10 heteroatoms. The third-order valence-corrected chi connectivity index (χ3v) is 5.69. The van der Waals surface area contributed by atoms with Crippen molar-refractivity contribution >= 4 is 28.5 Å². The fourth-order valence-corrected chi connectivity index (χ4v) is 3.81. The SMILES string of the molecule is Cc1noc(-c2ccc3cc(-c4n[nH]c(C(=O)O)n4)ccc3c2)c1NC(=O)OC(C)c1ccccc1. The van der Waals surface area contributed by atoms with E-state index in [9.17, 15) is 9.59 Å².